The second kappa shape index (κ2) is 31.7. The number of rotatable bonds is 31. The first-order chi connectivity index (χ1) is 37.8. The molecule has 79 heavy (non-hydrogen) atoms. The van der Waals surface area contributed by atoms with Crippen molar-refractivity contribution in [1.82, 2.24) is 46.5 Å². The van der Waals surface area contributed by atoms with Crippen LogP contribution in [-0.2, 0) is 35.2 Å². The van der Waals surface area contributed by atoms with Crippen LogP contribution >= 0.6 is 0 Å². The molecule has 3 aromatic rings. The van der Waals surface area contributed by atoms with E-state index in [0.29, 0.717) is 30.6 Å². The van der Waals surface area contributed by atoms with E-state index in [-0.39, 0.29) is 54.3 Å². The zero-order chi connectivity index (χ0) is 57.8. The number of benzene rings is 1. The van der Waals surface area contributed by atoms with Crippen molar-refractivity contribution in [2.45, 2.75) is 203 Å². The van der Waals surface area contributed by atoms with Crippen LogP contribution in [0.5, 0.6) is 0 Å². The molecule has 2 saturated heterocycles. The number of hydrogen-bond acceptors (Lipinski definition) is 22. The Kier molecular flexibility index (Phi) is 25.6. The van der Waals surface area contributed by atoms with Gasteiger partial charge in [0.1, 0.15) is 67.0 Å². The molecule has 440 valence electrons. The summed E-state index contributed by atoms with van der Waals surface area (Å²) >= 11 is 0. The molecular weight excluding hydrogens is 1030 g/mol. The number of nitrogens with two attached hydrogens (primary N) is 2. The van der Waals surface area contributed by atoms with Crippen molar-refractivity contribution in [1.29, 1.82) is 0 Å². The van der Waals surface area contributed by atoms with E-state index in [9.17, 15) is 64.8 Å². The molecular formula is C52H82N12O15. The number of nitrogen functional groups attached to an aromatic ring is 2. The molecule has 27 heteroatoms. The summed E-state index contributed by atoms with van der Waals surface area (Å²) in [6.45, 7) is 2.90. The molecule has 0 aliphatic carbocycles. The first-order valence-corrected chi connectivity index (χ1v) is 27.3. The highest BCUT2D eigenvalue weighted by Gasteiger charge is 2.46. The predicted molar refractivity (Wildman–Crippen MR) is 287 cm³/mol. The second-order valence-electron chi connectivity index (χ2n) is 20.3. The van der Waals surface area contributed by atoms with Gasteiger partial charge in [-0.25, -0.2) is 9.97 Å². The molecule has 0 saturated carbocycles. The fourth-order valence-corrected chi connectivity index (χ4v) is 9.30. The van der Waals surface area contributed by atoms with Crippen molar-refractivity contribution < 1.29 is 74.3 Å². The summed E-state index contributed by atoms with van der Waals surface area (Å²) in [5.41, 5.74) is 13.5. The molecule has 5 rings (SSSR count). The van der Waals surface area contributed by atoms with Gasteiger partial charge < -0.3 is 93.3 Å². The lowest BCUT2D eigenvalue weighted by atomic mass is 9.98. The van der Waals surface area contributed by atoms with Crippen molar-refractivity contribution in [2.24, 2.45) is 0 Å². The van der Waals surface area contributed by atoms with Crippen molar-refractivity contribution in [3.05, 3.63) is 41.7 Å². The number of anilines is 3. The van der Waals surface area contributed by atoms with Gasteiger partial charge in [0.15, 0.2) is 29.4 Å². The third kappa shape index (κ3) is 18.5. The second-order valence-corrected chi connectivity index (χ2v) is 20.3. The number of hydrogen-bond donors (Lipinski definition) is 15. The minimum Gasteiger partial charge on any atom is -0.394 e. The molecule has 2 aliphatic heterocycles. The van der Waals surface area contributed by atoms with Gasteiger partial charge in [0.25, 0.3) is 5.91 Å². The van der Waals surface area contributed by atoms with Crippen LogP contribution in [0.15, 0.2) is 30.5 Å². The van der Waals surface area contributed by atoms with Crippen molar-refractivity contribution in [3.8, 4) is 0 Å². The third-order valence-corrected chi connectivity index (χ3v) is 14.1. The van der Waals surface area contributed by atoms with Crippen LogP contribution in [0.3, 0.4) is 0 Å². The molecule has 2 fully saturated rings. The van der Waals surface area contributed by atoms with Crippen molar-refractivity contribution >= 4 is 58.2 Å². The van der Waals surface area contributed by atoms with Gasteiger partial charge in [-0.1, -0.05) is 90.9 Å². The lowest BCUT2D eigenvalue weighted by molar-refractivity contribution is -0.236. The number of aromatic nitrogens is 4. The fourth-order valence-electron chi connectivity index (χ4n) is 9.30. The van der Waals surface area contributed by atoms with E-state index in [1.54, 1.807) is 19.2 Å². The summed E-state index contributed by atoms with van der Waals surface area (Å²) in [6, 6.07) is 2.30. The molecule has 2 aromatic heterocycles. The Labute approximate surface area is 458 Å². The van der Waals surface area contributed by atoms with Gasteiger partial charge in [-0.15, -0.1) is 0 Å². The Morgan fingerprint density at radius 3 is 1.62 bits per heavy atom. The van der Waals surface area contributed by atoms with E-state index in [1.807, 2.05) is 4.90 Å². The van der Waals surface area contributed by atoms with Gasteiger partial charge in [0.05, 0.1) is 31.6 Å². The van der Waals surface area contributed by atoms with Crippen LogP contribution < -0.4 is 43.0 Å². The summed E-state index contributed by atoms with van der Waals surface area (Å²) in [6.07, 6.45) is -5.54. The Hall–Kier alpha value is -6.01. The number of carbonyl (C=O) groups is 5. The van der Waals surface area contributed by atoms with Gasteiger partial charge in [-0.3, -0.25) is 24.0 Å². The van der Waals surface area contributed by atoms with Crippen LogP contribution in [0, 0.1) is 0 Å². The first kappa shape index (κ1) is 63.8. The summed E-state index contributed by atoms with van der Waals surface area (Å²) < 4.78 is 11.0. The Balaban J connectivity index is 1.36. The first-order valence-electron chi connectivity index (χ1n) is 27.3. The smallest absolute Gasteiger partial charge is 0.251 e. The monoisotopic (exact) mass is 1110 g/mol. The molecule has 27 nitrogen and oxygen atoms in total. The number of amides is 5. The lowest BCUT2D eigenvalue weighted by Crippen LogP contribution is -2.65. The largest absolute Gasteiger partial charge is 0.394 e. The Bertz CT molecular complexity index is 2430. The van der Waals surface area contributed by atoms with Gasteiger partial charge in [-0.2, -0.15) is 9.97 Å². The van der Waals surface area contributed by atoms with E-state index >= 15 is 0 Å². The van der Waals surface area contributed by atoms with Gasteiger partial charge in [0, 0.05) is 24.7 Å². The van der Waals surface area contributed by atoms with E-state index in [1.165, 1.54) is 18.3 Å². The summed E-state index contributed by atoms with van der Waals surface area (Å²) in [7, 11) is 1.78. The number of unbranched alkanes of at least 4 members (excludes halogenated alkanes) is 10. The molecule has 17 N–H and O–H groups in total. The number of fused-ring (bicyclic) bond motifs is 1. The quantitative estimate of drug-likeness (QED) is 0.0323. The number of ether oxygens (including phenoxy) is 2. The molecule has 0 bridgehead atoms. The number of carbonyl (C=O) groups excluding carboxylic acids is 5. The van der Waals surface area contributed by atoms with Gasteiger partial charge >= 0.3 is 0 Å². The molecule has 4 heterocycles. The number of aliphatic hydroxyl groups is 8. The molecule has 2 aliphatic rings. The average Bonchev–Trinajstić information content (AvgIpc) is 3.48. The van der Waals surface area contributed by atoms with Gasteiger partial charge in [-0.05, 0) is 43.5 Å². The van der Waals surface area contributed by atoms with Gasteiger partial charge in [0.2, 0.25) is 29.6 Å². The van der Waals surface area contributed by atoms with Crippen LogP contribution in [0.1, 0.15) is 133 Å². The van der Waals surface area contributed by atoms with E-state index in [2.05, 4.69) is 60.4 Å². The Morgan fingerprint density at radius 1 is 0.608 bits per heavy atom. The minimum absolute atomic E-state index is 0.0423. The summed E-state index contributed by atoms with van der Waals surface area (Å²) in [4.78, 5) is 89.0. The maximum absolute atomic E-state index is 14.5. The summed E-state index contributed by atoms with van der Waals surface area (Å²) in [5, 5.41) is 95.3. The van der Waals surface area contributed by atoms with Crippen molar-refractivity contribution in [3.63, 3.8) is 0 Å². The summed E-state index contributed by atoms with van der Waals surface area (Å²) in [5.74, 6) is -3.97. The number of aliphatic hydroxyl groups excluding tert-OH is 8. The number of nitrogens with zero attached hydrogens (tertiary/aromatic N) is 5. The zero-order valence-electron chi connectivity index (χ0n) is 45.2. The van der Waals surface area contributed by atoms with E-state index in [4.69, 9.17) is 20.9 Å². The zero-order valence-corrected chi connectivity index (χ0v) is 45.2. The number of nitrogens with one attached hydrogen (secondary N) is 5. The molecule has 1 aromatic carbocycles. The Morgan fingerprint density at radius 2 is 1.10 bits per heavy atom. The van der Waals surface area contributed by atoms with Crippen LogP contribution in [0.2, 0.25) is 0 Å². The SMILES string of the molecule is CCCCCCCCC(NC(=O)CC[C@H](NC(=O)c1ccc(N(C)Cc2cnc3nc(N)nc(N)c3n2)cc1)C(=O)NC(CCCCCCCC)C(=O)NC1O[C@H](CO)[C@@H](O)[C@H](O)[C@H]1O)C(=O)NC1O[C@H](CO)[C@@H](O)[C@H](O)[C@H]1O. The van der Waals surface area contributed by atoms with Crippen LogP contribution in [0.25, 0.3) is 11.2 Å². The average molecular weight is 1120 g/mol. The molecule has 0 spiro atoms. The van der Waals surface area contributed by atoms with Crippen LogP contribution in [-0.4, -0.2) is 190 Å². The topological polar surface area (TPSA) is 433 Å². The lowest BCUT2D eigenvalue weighted by Gasteiger charge is -2.40. The molecule has 13 atom stereocenters. The third-order valence-electron chi connectivity index (χ3n) is 14.1. The van der Waals surface area contributed by atoms with E-state index in [0.717, 1.165) is 57.8 Å². The molecule has 5 amide bonds. The highest BCUT2D eigenvalue weighted by Crippen LogP contribution is 2.24. The maximum Gasteiger partial charge on any atom is 0.251 e. The van der Waals surface area contributed by atoms with E-state index < -0.39 is 129 Å². The normalized spacial score (nSPS) is 24.2. The highest BCUT2D eigenvalue weighted by molar-refractivity contribution is 5.99. The standard InChI is InChI=1S/C52H82N12O15/c1-4-6-8-10-12-14-16-31(48(76)62-50-42(72)40(70)38(68)34(26-65)78-50)57-36(67)23-22-33(47(75)59-32(17-15-13-11-9-7-5-2)49(77)63-51-43(73)41(71)39(69)35(27-66)79-51)58-46(74)28-18-20-30(21-19-28)64(3)25-29-24-55-45-37(56-29)44(53)60-52(54)61-45/h18-21,24,31-35,38-43,50-51,65-66,68-73H,4-17,22-23,25-27H2,1-3H3,(H,57,67)(H,58,74)(H,59,75)(H,62,76)(H,63,77)(H4,53,54,55,60,61)/t31?,32?,33-,34+,35+,38+,39+,40-,41-,42+,43+,50?,51?/m0/s1. The fraction of sp³-hybridized carbons (Fsp3) is 0.673. The predicted octanol–water partition coefficient (Wildman–Crippen LogP) is -1.60. The van der Waals surface area contributed by atoms with Crippen molar-refractivity contribution in [2.75, 3.05) is 36.6 Å². The maximum atomic E-state index is 14.5. The minimum atomic E-state index is -1.82. The van der Waals surface area contributed by atoms with Crippen LogP contribution in [0.4, 0.5) is 17.5 Å². The molecule has 4 unspecified atom stereocenters. The highest BCUT2D eigenvalue weighted by atomic mass is 16.6. The molecule has 0 radical (unpaired) electrons.